The molecule has 0 aliphatic carbocycles. The average Bonchev–Trinajstić information content (AvgIpc) is 2.86. The van der Waals surface area contributed by atoms with Gasteiger partial charge in [-0.2, -0.15) is 0 Å². The zero-order valence-corrected chi connectivity index (χ0v) is 10.1. The molecule has 3 nitrogen and oxygen atoms in total. The summed E-state index contributed by atoms with van der Waals surface area (Å²) in [6.07, 6.45) is 4.07. The van der Waals surface area contributed by atoms with Crippen LogP contribution in [-0.4, -0.2) is 16.5 Å². The Labute approximate surface area is 104 Å². The molecule has 1 heterocycles. The lowest BCUT2D eigenvalue weighted by molar-refractivity contribution is 0.493. The summed E-state index contributed by atoms with van der Waals surface area (Å²) in [6.45, 7) is 2.64. The van der Waals surface area contributed by atoms with E-state index in [1.54, 1.807) is 12.4 Å². The predicted octanol–water partition coefficient (Wildman–Crippen LogP) is 2.78. The van der Waals surface area contributed by atoms with Crippen LogP contribution in [0, 0.1) is 11.6 Å². The first-order valence-corrected chi connectivity index (χ1v) is 5.90. The maximum absolute atomic E-state index is 13.8. The van der Waals surface area contributed by atoms with Crippen LogP contribution in [0.25, 0.3) is 0 Å². The lowest BCUT2D eigenvalue weighted by Crippen LogP contribution is -2.26. The molecular weight excluding hydrogens is 236 g/mol. The maximum atomic E-state index is 13.8. The molecule has 96 valence electrons. The fourth-order valence-corrected chi connectivity index (χ4v) is 1.85. The Morgan fingerprint density at radius 1 is 1.33 bits per heavy atom. The zero-order valence-electron chi connectivity index (χ0n) is 10.1. The molecule has 0 aliphatic rings. The van der Waals surface area contributed by atoms with Crippen molar-refractivity contribution in [1.29, 1.82) is 0 Å². The van der Waals surface area contributed by atoms with Crippen LogP contribution >= 0.6 is 0 Å². The molecule has 2 aromatic rings. The van der Waals surface area contributed by atoms with E-state index in [0.29, 0.717) is 12.4 Å². The molecule has 0 amide bonds. The molecule has 5 heteroatoms. The summed E-state index contributed by atoms with van der Waals surface area (Å²) in [5, 5.41) is 3.10. The van der Waals surface area contributed by atoms with E-state index >= 15 is 0 Å². The van der Waals surface area contributed by atoms with Gasteiger partial charge in [0, 0.05) is 18.0 Å². The number of rotatable bonds is 5. The molecule has 0 saturated carbocycles. The van der Waals surface area contributed by atoms with Crippen LogP contribution in [-0.2, 0) is 0 Å². The molecule has 0 fully saturated rings. The Kier molecular flexibility index (Phi) is 4.04. The minimum Gasteiger partial charge on any atom is -0.347 e. The molecular formula is C13H15F2N3. The topological polar surface area (TPSA) is 40.7 Å². The summed E-state index contributed by atoms with van der Waals surface area (Å²) in [5.74, 6) is -0.632. The van der Waals surface area contributed by atoms with Crippen molar-refractivity contribution in [2.45, 2.75) is 19.4 Å². The van der Waals surface area contributed by atoms with Gasteiger partial charge in [-0.15, -0.1) is 0 Å². The van der Waals surface area contributed by atoms with Crippen molar-refractivity contribution in [3.8, 4) is 0 Å². The van der Waals surface area contributed by atoms with Gasteiger partial charge in [0.15, 0.2) is 0 Å². The summed E-state index contributed by atoms with van der Waals surface area (Å²) >= 11 is 0. The second-order valence-corrected chi connectivity index (χ2v) is 4.00. The molecule has 0 spiro atoms. The van der Waals surface area contributed by atoms with Crippen molar-refractivity contribution in [3.63, 3.8) is 0 Å². The highest BCUT2D eigenvalue weighted by Crippen LogP contribution is 2.24. The van der Waals surface area contributed by atoms with Gasteiger partial charge in [0.05, 0.1) is 6.04 Å². The predicted molar refractivity (Wildman–Crippen MR) is 65.1 cm³/mol. The number of imidazole rings is 1. The van der Waals surface area contributed by atoms with Gasteiger partial charge < -0.3 is 10.3 Å². The second kappa shape index (κ2) is 5.73. The van der Waals surface area contributed by atoms with Gasteiger partial charge in [0.2, 0.25) is 0 Å². The smallest absolute Gasteiger partial charge is 0.131 e. The summed E-state index contributed by atoms with van der Waals surface area (Å²) in [4.78, 5) is 6.97. The highest BCUT2D eigenvalue weighted by Gasteiger charge is 2.22. The Morgan fingerprint density at radius 2 is 2.06 bits per heavy atom. The van der Waals surface area contributed by atoms with Gasteiger partial charge in [0.1, 0.15) is 17.5 Å². The molecule has 0 aliphatic heterocycles. The lowest BCUT2D eigenvalue weighted by atomic mass is 10.0. The van der Waals surface area contributed by atoms with Gasteiger partial charge in [-0.3, -0.25) is 0 Å². The van der Waals surface area contributed by atoms with E-state index < -0.39 is 17.7 Å². The highest BCUT2D eigenvalue weighted by atomic mass is 19.1. The summed E-state index contributed by atoms with van der Waals surface area (Å²) in [5.41, 5.74) is 0.000833. The van der Waals surface area contributed by atoms with Crippen molar-refractivity contribution in [2.24, 2.45) is 0 Å². The van der Waals surface area contributed by atoms with Gasteiger partial charge in [-0.25, -0.2) is 13.8 Å². The van der Waals surface area contributed by atoms with E-state index in [9.17, 15) is 8.78 Å². The van der Waals surface area contributed by atoms with Crippen LogP contribution in [0.3, 0.4) is 0 Å². The largest absolute Gasteiger partial charge is 0.347 e. The Bertz CT molecular complexity index is 477. The monoisotopic (exact) mass is 251 g/mol. The van der Waals surface area contributed by atoms with Crippen molar-refractivity contribution < 1.29 is 8.78 Å². The Morgan fingerprint density at radius 3 is 2.61 bits per heavy atom. The average molecular weight is 251 g/mol. The van der Waals surface area contributed by atoms with Crippen molar-refractivity contribution in [1.82, 2.24) is 15.3 Å². The normalized spacial score (nSPS) is 12.6. The Balaban J connectivity index is 2.40. The first kappa shape index (κ1) is 12.7. The minimum atomic E-state index is -0.596. The van der Waals surface area contributed by atoms with Crippen LogP contribution < -0.4 is 5.32 Å². The number of aromatic nitrogens is 2. The fraction of sp³-hybridized carbons (Fsp3) is 0.308. The summed E-state index contributed by atoms with van der Waals surface area (Å²) < 4.78 is 27.6. The molecule has 1 unspecified atom stereocenters. The molecule has 1 aromatic heterocycles. The van der Waals surface area contributed by atoms with Crippen molar-refractivity contribution >= 4 is 0 Å². The number of benzene rings is 1. The third-order valence-corrected chi connectivity index (χ3v) is 2.68. The van der Waals surface area contributed by atoms with E-state index in [1.165, 1.54) is 18.2 Å². The van der Waals surface area contributed by atoms with Gasteiger partial charge in [-0.1, -0.05) is 13.0 Å². The van der Waals surface area contributed by atoms with E-state index in [2.05, 4.69) is 15.3 Å². The summed E-state index contributed by atoms with van der Waals surface area (Å²) in [6, 6.07) is 3.26. The standard InChI is InChI=1S/C13H15F2N3/c1-2-6-16-12(13-17-7-8-18-13)11-9(14)4-3-5-10(11)15/h3-5,7-8,12,16H,2,6H2,1H3,(H,17,18). The number of nitrogens with zero attached hydrogens (tertiary/aromatic N) is 1. The molecule has 0 bridgehead atoms. The molecule has 2 rings (SSSR count). The third-order valence-electron chi connectivity index (χ3n) is 2.68. The lowest BCUT2D eigenvalue weighted by Gasteiger charge is -2.18. The highest BCUT2D eigenvalue weighted by molar-refractivity contribution is 5.28. The minimum absolute atomic E-state index is 0.000833. The number of hydrogen-bond acceptors (Lipinski definition) is 2. The Hall–Kier alpha value is -1.75. The van der Waals surface area contributed by atoms with E-state index in [-0.39, 0.29) is 5.56 Å². The molecule has 2 N–H and O–H groups in total. The quantitative estimate of drug-likeness (QED) is 0.857. The van der Waals surface area contributed by atoms with E-state index in [0.717, 1.165) is 6.42 Å². The summed E-state index contributed by atoms with van der Waals surface area (Å²) in [7, 11) is 0. The van der Waals surface area contributed by atoms with E-state index in [4.69, 9.17) is 0 Å². The van der Waals surface area contributed by atoms with Crippen LogP contribution in [0.2, 0.25) is 0 Å². The van der Waals surface area contributed by atoms with Crippen LogP contribution in [0.1, 0.15) is 30.8 Å². The zero-order chi connectivity index (χ0) is 13.0. The number of hydrogen-bond donors (Lipinski definition) is 2. The number of H-pyrrole nitrogens is 1. The molecule has 1 atom stereocenters. The van der Waals surface area contributed by atoms with E-state index in [1.807, 2.05) is 6.92 Å². The number of nitrogens with one attached hydrogen (secondary N) is 2. The van der Waals surface area contributed by atoms with Crippen LogP contribution in [0.15, 0.2) is 30.6 Å². The van der Waals surface area contributed by atoms with Crippen LogP contribution in [0.5, 0.6) is 0 Å². The maximum Gasteiger partial charge on any atom is 0.131 e. The fourth-order valence-electron chi connectivity index (χ4n) is 1.85. The van der Waals surface area contributed by atoms with Gasteiger partial charge in [0.25, 0.3) is 0 Å². The first-order valence-electron chi connectivity index (χ1n) is 5.90. The second-order valence-electron chi connectivity index (χ2n) is 4.00. The van der Waals surface area contributed by atoms with Crippen molar-refractivity contribution in [2.75, 3.05) is 6.54 Å². The van der Waals surface area contributed by atoms with Gasteiger partial charge in [-0.05, 0) is 25.1 Å². The molecule has 0 radical (unpaired) electrons. The van der Waals surface area contributed by atoms with Crippen molar-refractivity contribution in [3.05, 3.63) is 53.6 Å². The first-order chi connectivity index (χ1) is 8.74. The third kappa shape index (κ3) is 2.56. The molecule has 18 heavy (non-hydrogen) atoms. The molecule has 0 saturated heterocycles. The van der Waals surface area contributed by atoms with Crippen LogP contribution in [0.4, 0.5) is 8.78 Å². The number of halogens is 2. The number of aromatic amines is 1. The van der Waals surface area contributed by atoms with Gasteiger partial charge >= 0.3 is 0 Å². The SMILES string of the molecule is CCCNC(c1ncc[nH]1)c1c(F)cccc1F. The molecule has 1 aromatic carbocycles.